The SMILES string of the molecule is C[SH](C)CC[C@H](N)C(=O)O.Cl.S. The fourth-order valence-electron chi connectivity index (χ4n) is 0.521. The molecule has 0 saturated heterocycles. The van der Waals surface area contributed by atoms with Crippen molar-refractivity contribution >= 4 is 42.8 Å². The molecule has 0 heterocycles. The molecule has 0 unspecified atom stereocenters. The third-order valence-corrected chi connectivity index (χ3v) is 2.36. The van der Waals surface area contributed by atoms with Gasteiger partial charge in [-0.2, -0.15) is 13.5 Å². The Hall–Kier alpha value is 0.420. The number of nitrogens with two attached hydrogens (primary N) is 1. The number of rotatable bonds is 4. The van der Waals surface area contributed by atoms with Crippen LogP contribution in [-0.4, -0.2) is 35.4 Å². The average Bonchev–Trinajstić information content (AvgIpc) is 1.82. The van der Waals surface area contributed by atoms with E-state index in [1.54, 1.807) is 0 Å². The molecule has 0 radical (unpaired) electrons. The summed E-state index contributed by atoms with van der Waals surface area (Å²) in [5.41, 5.74) is 5.28. The molecule has 78 valence electrons. The van der Waals surface area contributed by atoms with Gasteiger partial charge in [0.2, 0.25) is 0 Å². The molecule has 0 aromatic heterocycles. The van der Waals surface area contributed by atoms with E-state index in [2.05, 4.69) is 12.5 Å². The van der Waals surface area contributed by atoms with E-state index in [9.17, 15) is 4.79 Å². The molecule has 3 nitrogen and oxygen atoms in total. The highest BCUT2D eigenvalue weighted by molar-refractivity contribution is 8.15. The van der Waals surface area contributed by atoms with Crippen LogP contribution < -0.4 is 5.73 Å². The minimum Gasteiger partial charge on any atom is -0.480 e. The van der Waals surface area contributed by atoms with E-state index in [0.717, 1.165) is 5.75 Å². The van der Waals surface area contributed by atoms with Crippen molar-refractivity contribution in [2.45, 2.75) is 12.5 Å². The lowest BCUT2D eigenvalue weighted by molar-refractivity contribution is -0.138. The van der Waals surface area contributed by atoms with Crippen molar-refractivity contribution in [3.05, 3.63) is 0 Å². The van der Waals surface area contributed by atoms with E-state index in [1.807, 2.05) is 0 Å². The molecule has 0 rings (SSSR count). The first-order valence-corrected chi connectivity index (χ1v) is 5.59. The lowest BCUT2D eigenvalue weighted by atomic mass is 10.2. The lowest BCUT2D eigenvalue weighted by Gasteiger charge is -2.10. The number of carbonyl (C=O) groups is 1. The summed E-state index contributed by atoms with van der Waals surface area (Å²) in [6.45, 7) is 0. The summed E-state index contributed by atoms with van der Waals surface area (Å²) in [5, 5.41) is 8.38. The van der Waals surface area contributed by atoms with Gasteiger partial charge in [0.25, 0.3) is 0 Å². The largest absolute Gasteiger partial charge is 0.480 e. The van der Waals surface area contributed by atoms with Crippen molar-refractivity contribution in [1.29, 1.82) is 0 Å². The third-order valence-electron chi connectivity index (χ3n) is 1.20. The van der Waals surface area contributed by atoms with Gasteiger partial charge in [0.05, 0.1) is 0 Å². The maximum Gasteiger partial charge on any atom is 0.320 e. The molecule has 6 heteroatoms. The van der Waals surface area contributed by atoms with Gasteiger partial charge in [-0.15, -0.1) is 12.4 Å². The zero-order valence-corrected chi connectivity index (χ0v) is 9.99. The van der Waals surface area contributed by atoms with Crippen LogP contribution in [0.25, 0.3) is 0 Å². The van der Waals surface area contributed by atoms with Gasteiger partial charge in [-0.3, -0.25) is 15.7 Å². The molecule has 0 aliphatic carbocycles. The Morgan fingerprint density at radius 1 is 1.58 bits per heavy atom. The Balaban J connectivity index is -0.000000405. The van der Waals surface area contributed by atoms with Crippen molar-refractivity contribution < 1.29 is 9.90 Å². The minimum absolute atomic E-state index is 0. The Kier molecular flexibility index (Phi) is 14.5. The van der Waals surface area contributed by atoms with Gasteiger partial charge < -0.3 is 10.8 Å². The molecule has 1 atom stereocenters. The van der Waals surface area contributed by atoms with Crippen molar-refractivity contribution in [1.82, 2.24) is 0 Å². The van der Waals surface area contributed by atoms with Crippen LogP contribution in [0.1, 0.15) is 6.42 Å². The van der Waals surface area contributed by atoms with Crippen LogP contribution in [0.15, 0.2) is 0 Å². The molecule has 0 aliphatic rings. The smallest absolute Gasteiger partial charge is 0.320 e. The van der Waals surface area contributed by atoms with Crippen LogP contribution in [0, 0.1) is 0 Å². The van der Waals surface area contributed by atoms with Crippen LogP contribution in [0.4, 0.5) is 0 Å². The van der Waals surface area contributed by atoms with Crippen molar-refractivity contribution in [3.63, 3.8) is 0 Å². The van der Waals surface area contributed by atoms with Crippen molar-refractivity contribution in [2.75, 3.05) is 18.3 Å². The monoisotopic (exact) mass is 235 g/mol. The second kappa shape index (κ2) is 9.51. The molecule has 0 aliphatic heterocycles. The van der Waals surface area contributed by atoms with E-state index in [4.69, 9.17) is 10.8 Å². The zero-order chi connectivity index (χ0) is 8.15. The molecular weight excluding hydrogens is 218 g/mol. The van der Waals surface area contributed by atoms with Gasteiger partial charge >= 0.3 is 5.97 Å². The van der Waals surface area contributed by atoms with Gasteiger partial charge in [0.1, 0.15) is 6.04 Å². The van der Waals surface area contributed by atoms with Crippen molar-refractivity contribution in [2.24, 2.45) is 5.73 Å². The summed E-state index contributed by atoms with van der Waals surface area (Å²) in [7, 11) is -0.00108. The Morgan fingerprint density at radius 3 is 2.25 bits per heavy atom. The molecule has 0 bridgehead atoms. The molecule has 0 aromatic carbocycles. The quantitative estimate of drug-likeness (QED) is 0.625. The van der Waals surface area contributed by atoms with Gasteiger partial charge in [0, 0.05) is 0 Å². The predicted octanol–water partition coefficient (Wildman–Crippen LogP) is 0.584. The number of aliphatic carboxylic acids is 1. The van der Waals surface area contributed by atoms with E-state index in [1.165, 1.54) is 0 Å². The molecular formula is C6H18ClNO2S2. The zero-order valence-electron chi connectivity index (χ0n) is 7.28. The van der Waals surface area contributed by atoms with Gasteiger partial charge in [-0.1, -0.05) is 0 Å². The fourth-order valence-corrected chi connectivity index (χ4v) is 1.32. The second-order valence-corrected chi connectivity index (χ2v) is 5.14. The maximum absolute atomic E-state index is 10.2. The summed E-state index contributed by atoms with van der Waals surface area (Å²) in [5.74, 6) is 0.0554. The van der Waals surface area contributed by atoms with Crippen LogP contribution in [0.3, 0.4) is 0 Å². The van der Waals surface area contributed by atoms with E-state index < -0.39 is 12.0 Å². The molecule has 0 fully saturated rings. The normalized spacial score (nSPS) is 12.1. The third kappa shape index (κ3) is 10.4. The molecule has 3 N–H and O–H groups in total. The van der Waals surface area contributed by atoms with Crippen LogP contribution in [0.2, 0.25) is 0 Å². The number of carboxylic acid groups (broad SMARTS) is 1. The first kappa shape index (κ1) is 18.3. The van der Waals surface area contributed by atoms with E-state index >= 15 is 0 Å². The summed E-state index contributed by atoms with van der Waals surface area (Å²) in [4.78, 5) is 10.2. The molecule has 0 amide bonds. The highest BCUT2D eigenvalue weighted by Gasteiger charge is 2.09. The lowest BCUT2D eigenvalue weighted by Crippen LogP contribution is -2.30. The molecule has 0 saturated carbocycles. The topological polar surface area (TPSA) is 63.3 Å². The molecule has 12 heavy (non-hydrogen) atoms. The predicted molar refractivity (Wildman–Crippen MR) is 63.6 cm³/mol. The maximum atomic E-state index is 10.2. The highest BCUT2D eigenvalue weighted by Crippen LogP contribution is 2.14. The minimum atomic E-state index is -0.892. The van der Waals surface area contributed by atoms with Crippen LogP contribution >= 0.6 is 36.8 Å². The number of thiol groups is 1. The number of hydrogen-bond donors (Lipinski definition) is 3. The summed E-state index contributed by atoms with van der Waals surface area (Å²) in [6.07, 6.45) is 4.84. The summed E-state index contributed by atoms with van der Waals surface area (Å²) < 4.78 is 0. The Labute approximate surface area is 89.3 Å². The second-order valence-electron chi connectivity index (χ2n) is 2.54. The van der Waals surface area contributed by atoms with Crippen molar-refractivity contribution in [3.8, 4) is 0 Å². The van der Waals surface area contributed by atoms with Gasteiger partial charge in [0.15, 0.2) is 0 Å². The molecule has 0 aromatic rings. The summed E-state index contributed by atoms with van der Waals surface area (Å²) in [6, 6.07) is -0.662. The van der Waals surface area contributed by atoms with Crippen LogP contribution in [-0.2, 0) is 4.79 Å². The fraction of sp³-hybridized carbons (Fsp3) is 0.833. The van der Waals surface area contributed by atoms with Gasteiger partial charge in [-0.25, -0.2) is 0 Å². The number of carboxylic acids is 1. The molecule has 0 spiro atoms. The van der Waals surface area contributed by atoms with E-state index in [0.29, 0.717) is 6.42 Å². The van der Waals surface area contributed by atoms with Gasteiger partial charge in [-0.05, 0) is 24.7 Å². The first-order chi connectivity index (χ1) is 4.54. The highest BCUT2D eigenvalue weighted by atomic mass is 35.5. The standard InChI is InChI=1S/C6H15NO2S.ClH.H2S/c1-10(2)4-3-5(7)6(8)9;;/h5,10H,3-4,7H2,1-2H3,(H,8,9);1H;1H2/t5-;;/m0../s1. The average molecular weight is 236 g/mol. The number of halogens is 1. The summed E-state index contributed by atoms with van der Waals surface area (Å²) >= 11 is 0. The van der Waals surface area contributed by atoms with Crippen LogP contribution in [0.5, 0.6) is 0 Å². The number of hydrogen-bond acceptors (Lipinski definition) is 2. The van der Waals surface area contributed by atoms with E-state index in [-0.39, 0.29) is 36.8 Å². The first-order valence-electron chi connectivity index (χ1n) is 3.17. The Morgan fingerprint density at radius 2 is 2.00 bits per heavy atom. The Bertz CT molecular complexity index is 124.